The third-order valence-electron chi connectivity index (χ3n) is 3.27. The lowest BCUT2D eigenvalue weighted by atomic mass is 9.88. The van der Waals surface area contributed by atoms with Crippen LogP contribution in [-0.4, -0.2) is 22.5 Å². The van der Waals surface area contributed by atoms with Crippen LogP contribution in [0, 0.1) is 10.8 Å². The van der Waals surface area contributed by atoms with Crippen LogP contribution in [0.3, 0.4) is 0 Å². The number of halogens is 1. The third kappa shape index (κ3) is 1.68. The van der Waals surface area contributed by atoms with E-state index in [1.165, 1.54) is 6.42 Å². The predicted molar refractivity (Wildman–Crippen MR) is 67.2 cm³/mol. The second-order valence-electron chi connectivity index (χ2n) is 5.72. The quantitative estimate of drug-likeness (QED) is 0.539. The van der Waals surface area contributed by atoms with E-state index in [4.69, 9.17) is 9.73 Å². The van der Waals surface area contributed by atoms with E-state index in [9.17, 15) is 0 Å². The van der Waals surface area contributed by atoms with E-state index in [0.717, 1.165) is 16.4 Å². The summed E-state index contributed by atoms with van der Waals surface area (Å²) >= 11 is 2.49. The summed E-state index contributed by atoms with van der Waals surface area (Å²) in [6, 6.07) is 0.346. The van der Waals surface area contributed by atoms with Crippen molar-refractivity contribution in [1.82, 2.24) is 0 Å². The van der Waals surface area contributed by atoms with Gasteiger partial charge in [-0.25, -0.2) is 4.99 Å². The SMILES string of the molecule is CC(C)(C)C1COC([C@@]2(C)C[C@H]2I)=N1. The molecule has 3 atom stereocenters. The van der Waals surface area contributed by atoms with Gasteiger partial charge < -0.3 is 4.74 Å². The number of aliphatic imine (C=N–C) groups is 1. The molecule has 1 saturated carbocycles. The number of hydrogen-bond acceptors (Lipinski definition) is 2. The maximum Gasteiger partial charge on any atom is 0.190 e. The predicted octanol–water partition coefficient (Wildman–Crippen LogP) is 3.04. The second-order valence-corrected chi connectivity index (χ2v) is 7.22. The number of ether oxygens (including phenoxy) is 1. The number of rotatable bonds is 1. The molecule has 2 rings (SSSR count). The summed E-state index contributed by atoms with van der Waals surface area (Å²) in [4.78, 5) is 4.73. The fraction of sp³-hybridized carbons (Fsp3) is 0.909. The maximum absolute atomic E-state index is 5.73. The molecule has 0 aromatic carbocycles. The van der Waals surface area contributed by atoms with Crippen LogP contribution in [0.25, 0.3) is 0 Å². The van der Waals surface area contributed by atoms with E-state index in [1.54, 1.807) is 0 Å². The molecule has 1 aliphatic heterocycles. The molecule has 0 aromatic rings. The first-order valence-electron chi connectivity index (χ1n) is 5.19. The highest BCUT2D eigenvalue weighted by atomic mass is 127. The first kappa shape index (κ1) is 10.7. The highest BCUT2D eigenvalue weighted by molar-refractivity contribution is 14.1. The van der Waals surface area contributed by atoms with Crippen molar-refractivity contribution in [3.8, 4) is 0 Å². The van der Waals surface area contributed by atoms with Crippen LogP contribution < -0.4 is 0 Å². The second kappa shape index (κ2) is 3.09. The Morgan fingerprint density at radius 2 is 2.07 bits per heavy atom. The molecule has 0 radical (unpaired) electrons. The van der Waals surface area contributed by atoms with Crippen molar-refractivity contribution in [2.75, 3.05) is 6.61 Å². The first-order chi connectivity index (χ1) is 6.34. The summed E-state index contributed by atoms with van der Waals surface area (Å²) in [5.41, 5.74) is 0.480. The van der Waals surface area contributed by atoms with E-state index in [-0.39, 0.29) is 10.8 Å². The summed E-state index contributed by atoms with van der Waals surface area (Å²) in [6.07, 6.45) is 1.23. The Labute approximate surface area is 99.6 Å². The fourth-order valence-electron chi connectivity index (χ4n) is 1.66. The van der Waals surface area contributed by atoms with E-state index < -0.39 is 0 Å². The van der Waals surface area contributed by atoms with Crippen molar-refractivity contribution in [3.63, 3.8) is 0 Å². The van der Waals surface area contributed by atoms with Gasteiger partial charge in [-0.15, -0.1) is 0 Å². The molecule has 1 heterocycles. The molecule has 0 aromatic heterocycles. The summed E-state index contributed by atoms with van der Waals surface area (Å²) in [6.45, 7) is 9.71. The van der Waals surface area contributed by atoms with E-state index >= 15 is 0 Å². The number of hydrogen-bond donors (Lipinski definition) is 0. The molecule has 0 amide bonds. The van der Waals surface area contributed by atoms with Crippen LogP contribution >= 0.6 is 22.6 Å². The Morgan fingerprint density at radius 1 is 1.50 bits per heavy atom. The minimum absolute atomic E-state index is 0.230. The van der Waals surface area contributed by atoms with Gasteiger partial charge in [0.1, 0.15) is 6.61 Å². The van der Waals surface area contributed by atoms with Gasteiger partial charge in [0.15, 0.2) is 5.90 Å². The van der Waals surface area contributed by atoms with Gasteiger partial charge in [-0.3, -0.25) is 0 Å². The van der Waals surface area contributed by atoms with Crippen molar-refractivity contribution < 1.29 is 4.74 Å². The van der Waals surface area contributed by atoms with Gasteiger partial charge in [0.05, 0.1) is 11.5 Å². The van der Waals surface area contributed by atoms with Crippen LogP contribution in [0.4, 0.5) is 0 Å². The van der Waals surface area contributed by atoms with Crippen LogP contribution in [-0.2, 0) is 4.74 Å². The van der Waals surface area contributed by atoms with Gasteiger partial charge in [-0.1, -0.05) is 43.4 Å². The zero-order valence-corrected chi connectivity index (χ0v) is 11.5. The van der Waals surface area contributed by atoms with Crippen molar-refractivity contribution in [3.05, 3.63) is 0 Å². The molecule has 1 fully saturated rings. The monoisotopic (exact) mass is 307 g/mol. The molecule has 0 bridgehead atoms. The molecule has 0 N–H and O–H groups in total. The van der Waals surface area contributed by atoms with E-state index in [2.05, 4.69) is 50.3 Å². The highest BCUT2D eigenvalue weighted by Crippen LogP contribution is 2.54. The van der Waals surface area contributed by atoms with Crippen LogP contribution in [0.1, 0.15) is 34.1 Å². The maximum atomic E-state index is 5.73. The molecular formula is C11H18INO. The first-order valence-corrected chi connectivity index (χ1v) is 6.44. The van der Waals surface area contributed by atoms with E-state index in [1.807, 2.05) is 0 Å². The molecule has 80 valence electrons. The van der Waals surface area contributed by atoms with Crippen LogP contribution in [0.5, 0.6) is 0 Å². The molecular weight excluding hydrogens is 289 g/mol. The minimum Gasteiger partial charge on any atom is -0.478 e. The molecule has 3 heteroatoms. The van der Waals surface area contributed by atoms with Crippen molar-refractivity contribution in [2.24, 2.45) is 15.8 Å². The van der Waals surface area contributed by atoms with Gasteiger partial charge in [-0.05, 0) is 18.8 Å². The lowest BCUT2D eigenvalue weighted by Gasteiger charge is -2.21. The summed E-state index contributed by atoms with van der Waals surface area (Å²) in [7, 11) is 0. The normalized spacial score (nSPS) is 41.9. The molecule has 0 saturated heterocycles. The summed E-state index contributed by atoms with van der Waals surface area (Å²) in [5.74, 6) is 1.01. The lowest BCUT2D eigenvalue weighted by Crippen LogP contribution is -2.25. The number of nitrogens with zero attached hydrogens (tertiary/aromatic N) is 1. The zero-order chi connectivity index (χ0) is 10.6. The minimum atomic E-state index is 0.230. The largest absolute Gasteiger partial charge is 0.478 e. The Morgan fingerprint density at radius 3 is 2.43 bits per heavy atom. The lowest BCUT2D eigenvalue weighted by molar-refractivity contribution is 0.228. The van der Waals surface area contributed by atoms with Gasteiger partial charge in [0.2, 0.25) is 0 Å². The fourth-order valence-corrected chi connectivity index (χ4v) is 2.85. The van der Waals surface area contributed by atoms with Crippen molar-refractivity contribution in [2.45, 2.75) is 44.1 Å². The van der Waals surface area contributed by atoms with Crippen molar-refractivity contribution >= 4 is 28.5 Å². The number of alkyl halides is 1. The van der Waals surface area contributed by atoms with Gasteiger partial charge in [0, 0.05) is 3.92 Å². The molecule has 1 unspecified atom stereocenters. The molecule has 1 aliphatic carbocycles. The van der Waals surface area contributed by atoms with Crippen molar-refractivity contribution in [1.29, 1.82) is 0 Å². The average molecular weight is 307 g/mol. The topological polar surface area (TPSA) is 21.6 Å². The average Bonchev–Trinajstić information content (AvgIpc) is 2.52. The Kier molecular flexibility index (Phi) is 2.37. The third-order valence-corrected chi connectivity index (χ3v) is 5.09. The smallest absolute Gasteiger partial charge is 0.190 e. The van der Waals surface area contributed by atoms with Gasteiger partial charge >= 0.3 is 0 Å². The molecule has 2 aliphatic rings. The standard InChI is InChI=1S/C11H18INO/c1-10(2,3)8-6-14-9(13-8)11(4)5-7(11)12/h7-8H,5-6H2,1-4H3/t7-,8?,11+/m1/s1. The summed E-state index contributed by atoms with van der Waals surface area (Å²) in [5, 5.41) is 0. The van der Waals surface area contributed by atoms with Gasteiger partial charge in [-0.2, -0.15) is 0 Å². The Bertz CT molecular complexity index is 282. The van der Waals surface area contributed by atoms with Gasteiger partial charge in [0.25, 0.3) is 0 Å². The zero-order valence-electron chi connectivity index (χ0n) is 9.30. The van der Waals surface area contributed by atoms with Crippen LogP contribution in [0.15, 0.2) is 4.99 Å². The molecule has 14 heavy (non-hydrogen) atoms. The Balaban J connectivity index is 2.11. The summed E-state index contributed by atoms with van der Waals surface area (Å²) < 4.78 is 6.45. The van der Waals surface area contributed by atoms with Crippen LogP contribution in [0.2, 0.25) is 0 Å². The Hall–Kier alpha value is 0.200. The van der Waals surface area contributed by atoms with E-state index in [0.29, 0.717) is 6.04 Å². The highest BCUT2D eigenvalue weighted by Gasteiger charge is 2.55. The molecule has 2 nitrogen and oxygen atoms in total. The molecule has 0 spiro atoms.